The van der Waals surface area contributed by atoms with Crippen molar-refractivity contribution in [3.05, 3.63) is 64.8 Å². The quantitative estimate of drug-likeness (QED) is 0.477. The number of carbonyl (C=O) groups excluding carboxylic acids is 2. The molecule has 1 aliphatic rings. The minimum Gasteiger partial charge on any atom is -0.360 e. The molecule has 1 fully saturated rings. The molecule has 3 aromatic rings. The highest BCUT2D eigenvalue weighted by Crippen LogP contribution is 2.20. The van der Waals surface area contributed by atoms with Crippen molar-refractivity contribution in [3.63, 3.8) is 0 Å². The largest absolute Gasteiger partial charge is 0.360 e. The van der Waals surface area contributed by atoms with Gasteiger partial charge in [0.15, 0.2) is 5.76 Å². The molecule has 30 heavy (non-hydrogen) atoms. The summed E-state index contributed by atoms with van der Waals surface area (Å²) in [6.07, 6.45) is 0. The number of hydrogen-bond acceptors (Lipinski definition) is 6. The molecule has 8 nitrogen and oxygen atoms in total. The average molecular weight is 407 g/mol. The van der Waals surface area contributed by atoms with Crippen LogP contribution in [0.4, 0.5) is 0 Å². The van der Waals surface area contributed by atoms with Crippen LogP contribution >= 0.6 is 0 Å². The van der Waals surface area contributed by atoms with Crippen LogP contribution in [-0.2, 0) is 11.3 Å². The zero-order chi connectivity index (χ0) is 21.3. The molecule has 0 N–H and O–H groups in total. The smallest absolute Gasteiger partial charge is 0.295 e. The van der Waals surface area contributed by atoms with Gasteiger partial charge in [-0.05, 0) is 32.9 Å². The SMILES string of the molecule is Cc1cc(CN2CCN(C(=O)C(=O)c3c(C)nn(-c4ccccc4)c3C)CC2)on1. The van der Waals surface area contributed by atoms with Crippen molar-refractivity contribution >= 4 is 11.7 Å². The molecule has 0 aliphatic carbocycles. The Bertz CT molecular complexity index is 1060. The third-order valence-corrected chi connectivity index (χ3v) is 5.43. The van der Waals surface area contributed by atoms with Crippen molar-refractivity contribution in [1.82, 2.24) is 24.7 Å². The molecule has 3 heterocycles. The summed E-state index contributed by atoms with van der Waals surface area (Å²) in [5, 5.41) is 8.39. The van der Waals surface area contributed by atoms with Crippen LogP contribution in [0.25, 0.3) is 5.69 Å². The van der Waals surface area contributed by atoms with E-state index in [0.717, 1.165) is 17.1 Å². The molecule has 0 spiro atoms. The summed E-state index contributed by atoms with van der Waals surface area (Å²) in [4.78, 5) is 29.8. The Morgan fingerprint density at radius 2 is 1.73 bits per heavy atom. The van der Waals surface area contributed by atoms with Crippen LogP contribution in [0, 0.1) is 20.8 Å². The van der Waals surface area contributed by atoms with Gasteiger partial charge in [-0.2, -0.15) is 5.10 Å². The maximum atomic E-state index is 13.0. The second-order valence-corrected chi connectivity index (χ2v) is 7.63. The first-order chi connectivity index (χ1) is 14.4. The molecule has 0 saturated carbocycles. The molecule has 4 rings (SSSR count). The van der Waals surface area contributed by atoms with Crippen LogP contribution in [-0.4, -0.2) is 62.6 Å². The van der Waals surface area contributed by atoms with E-state index in [1.165, 1.54) is 0 Å². The van der Waals surface area contributed by atoms with Crippen molar-refractivity contribution in [2.24, 2.45) is 0 Å². The number of para-hydroxylation sites is 1. The second-order valence-electron chi connectivity index (χ2n) is 7.63. The lowest BCUT2D eigenvalue weighted by Crippen LogP contribution is -2.50. The van der Waals surface area contributed by atoms with E-state index in [2.05, 4.69) is 15.2 Å². The number of aromatic nitrogens is 3. The van der Waals surface area contributed by atoms with Crippen molar-refractivity contribution in [2.45, 2.75) is 27.3 Å². The highest BCUT2D eigenvalue weighted by molar-refractivity contribution is 6.43. The zero-order valence-electron chi connectivity index (χ0n) is 17.5. The Morgan fingerprint density at radius 1 is 1.03 bits per heavy atom. The minimum absolute atomic E-state index is 0.392. The maximum Gasteiger partial charge on any atom is 0.295 e. The molecule has 2 aromatic heterocycles. The van der Waals surface area contributed by atoms with E-state index in [-0.39, 0.29) is 0 Å². The van der Waals surface area contributed by atoms with E-state index in [4.69, 9.17) is 4.52 Å². The van der Waals surface area contributed by atoms with E-state index in [1.807, 2.05) is 50.2 Å². The monoisotopic (exact) mass is 407 g/mol. The molecule has 0 unspecified atom stereocenters. The minimum atomic E-state index is -0.494. The lowest BCUT2D eigenvalue weighted by Gasteiger charge is -2.33. The van der Waals surface area contributed by atoms with Gasteiger partial charge >= 0.3 is 0 Å². The van der Waals surface area contributed by atoms with Gasteiger partial charge in [-0.25, -0.2) is 4.68 Å². The predicted octanol–water partition coefficient (Wildman–Crippen LogP) is 2.31. The van der Waals surface area contributed by atoms with E-state index < -0.39 is 11.7 Å². The topological polar surface area (TPSA) is 84.5 Å². The molecule has 156 valence electrons. The third kappa shape index (κ3) is 3.91. The number of nitrogens with zero attached hydrogens (tertiary/aromatic N) is 5. The van der Waals surface area contributed by atoms with Crippen molar-refractivity contribution in [2.75, 3.05) is 26.2 Å². The summed E-state index contributed by atoms with van der Waals surface area (Å²) in [6.45, 7) is 8.50. The molecule has 0 radical (unpaired) electrons. The fourth-order valence-electron chi connectivity index (χ4n) is 3.86. The third-order valence-electron chi connectivity index (χ3n) is 5.43. The first kappa shape index (κ1) is 20.0. The van der Waals surface area contributed by atoms with E-state index in [1.54, 1.807) is 16.5 Å². The van der Waals surface area contributed by atoms with E-state index in [0.29, 0.717) is 49.7 Å². The van der Waals surface area contributed by atoms with Gasteiger partial charge in [0.25, 0.3) is 11.7 Å². The number of Topliss-reactive ketones (excluding diaryl/α,β-unsaturated/α-hetero) is 1. The Morgan fingerprint density at radius 3 is 2.37 bits per heavy atom. The summed E-state index contributed by atoms with van der Waals surface area (Å²) >= 11 is 0. The van der Waals surface area contributed by atoms with Crippen LogP contribution < -0.4 is 0 Å². The molecular weight excluding hydrogens is 382 g/mol. The standard InChI is InChI=1S/C22H25N5O3/c1-15-13-19(30-24-15)14-25-9-11-26(12-10-25)22(29)21(28)20-16(2)23-27(17(20)3)18-7-5-4-6-8-18/h4-8,13H,9-12,14H2,1-3H3. The van der Waals surface area contributed by atoms with Crippen LogP contribution in [0.3, 0.4) is 0 Å². The number of hydrogen-bond donors (Lipinski definition) is 0. The Kier molecular flexibility index (Phi) is 5.50. The molecular formula is C22H25N5O3. The lowest BCUT2D eigenvalue weighted by molar-refractivity contribution is -0.128. The normalized spacial score (nSPS) is 14.8. The van der Waals surface area contributed by atoms with Gasteiger partial charge in [0, 0.05) is 32.2 Å². The lowest BCUT2D eigenvalue weighted by atomic mass is 10.1. The van der Waals surface area contributed by atoms with E-state index in [9.17, 15) is 9.59 Å². The maximum absolute atomic E-state index is 13.0. The Hall–Kier alpha value is -3.26. The molecule has 8 heteroatoms. The van der Waals surface area contributed by atoms with Crippen LogP contribution in [0.15, 0.2) is 40.9 Å². The number of ketones is 1. The molecule has 0 atom stereocenters. The number of piperazine rings is 1. The molecule has 0 bridgehead atoms. The Balaban J connectivity index is 1.43. The van der Waals surface area contributed by atoms with E-state index >= 15 is 0 Å². The van der Waals surface area contributed by atoms with Gasteiger partial charge in [-0.3, -0.25) is 14.5 Å². The van der Waals surface area contributed by atoms with Gasteiger partial charge in [0.05, 0.1) is 34.9 Å². The van der Waals surface area contributed by atoms with Crippen molar-refractivity contribution in [1.29, 1.82) is 0 Å². The summed E-state index contributed by atoms with van der Waals surface area (Å²) < 4.78 is 6.98. The number of carbonyl (C=O) groups is 2. The number of benzene rings is 1. The number of amides is 1. The van der Waals surface area contributed by atoms with Crippen LogP contribution in [0.5, 0.6) is 0 Å². The highest BCUT2D eigenvalue weighted by Gasteiger charge is 2.31. The molecule has 1 saturated heterocycles. The van der Waals surface area contributed by atoms with Gasteiger partial charge in [-0.1, -0.05) is 23.4 Å². The molecule has 1 amide bonds. The summed E-state index contributed by atoms with van der Waals surface area (Å²) in [7, 11) is 0. The van der Waals surface area contributed by atoms with Crippen LogP contribution in [0.2, 0.25) is 0 Å². The highest BCUT2D eigenvalue weighted by atomic mass is 16.5. The average Bonchev–Trinajstić information content (AvgIpc) is 3.30. The summed E-state index contributed by atoms with van der Waals surface area (Å²) in [5.74, 6) is -0.154. The van der Waals surface area contributed by atoms with Crippen LogP contribution in [0.1, 0.15) is 33.2 Å². The predicted molar refractivity (Wildman–Crippen MR) is 110 cm³/mol. The summed E-state index contributed by atoms with van der Waals surface area (Å²) in [5.41, 5.74) is 3.35. The van der Waals surface area contributed by atoms with Gasteiger partial charge in [0.2, 0.25) is 0 Å². The zero-order valence-corrected chi connectivity index (χ0v) is 17.5. The van der Waals surface area contributed by atoms with Crippen molar-refractivity contribution in [3.8, 4) is 5.69 Å². The first-order valence-corrected chi connectivity index (χ1v) is 10.0. The van der Waals surface area contributed by atoms with Crippen molar-refractivity contribution < 1.29 is 14.1 Å². The number of aryl methyl sites for hydroxylation is 2. The number of rotatable bonds is 5. The van der Waals surface area contributed by atoms with Gasteiger partial charge in [-0.15, -0.1) is 0 Å². The van der Waals surface area contributed by atoms with Gasteiger partial charge in [0.1, 0.15) is 0 Å². The molecule has 1 aliphatic heterocycles. The fourth-order valence-corrected chi connectivity index (χ4v) is 3.86. The summed E-state index contributed by atoms with van der Waals surface area (Å²) in [6, 6.07) is 11.5. The fraction of sp³-hybridized carbons (Fsp3) is 0.364. The Labute approximate surface area is 175 Å². The first-order valence-electron chi connectivity index (χ1n) is 10.0. The molecule has 1 aromatic carbocycles. The second kappa shape index (κ2) is 8.23. The van der Waals surface area contributed by atoms with Gasteiger partial charge < -0.3 is 9.42 Å².